The standard InChI is InChI=1S/C15H28N2S/c1-4-15(16-7-1)11-17(9-13-5-6-13)10-14-3-2-8-18-12-14/h13-16H,1-12H2. The molecule has 3 heteroatoms. The summed E-state index contributed by atoms with van der Waals surface area (Å²) in [4.78, 5) is 2.80. The summed E-state index contributed by atoms with van der Waals surface area (Å²) in [7, 11) is 0. The smallest absolute Gasteiger partial charge is 0.0195 e. The van der Waals surface area contributed by atoms with Crippen molar-refractivity contribution in [1.29, 1.82) is 0 Å². The van der Waals surface area contributed by atoms with Gasteiger partial charge in [-0.15, -0.1) is 0 Å². The molecular weight excluding hydrogens is 240 g/mol. The Morgan fingerprint density at radius 1 is 0.944 bits per heavy atom. The van der Waals surface area contributed by atoms with Crippen molar-refractivity contribution in [3.05, 3.63) is 0 Å². The van der Waals surface area contributed by atoms with E-state index in [0.29, 0.717) is 0 Å². The fourth-order valence-electron chi connectivity index (χ4n) is 3.43. The lowest BCUT2D eigenvalue weighted by molar-refractivity contribution is 0.206. The van der Waals surface area contributed by atoms with Gasteiger partial charge in [-0.2, -0.15) is 11.8 Å². The van der Waals surface area contributed by atoms with Crippen LogP contribution in [0.25, 0.3) is 0 Å². The minimum Gasteiger partial charge on any atom is -0.313 e. The average Bonchev–Trinajstić information content (AvgIpc) is 3.05. The van der Waals surface area contributed by atoms with Gasteiger partial charge < -0.3 is 10.2 Å². The molecule has 1 aliphatic carbocycles. The van der Waals surface area contributed by atoms with Crippen molar-refractivity contribution in [2.24, 2.45) is 11.8 Å². The first-order chi connectivity index (χ1) is 8.90. The second kappa shape index (κ2) is 6.62. The molecule has 2 heterocycles. The van der Waals surface area contributed by atoms with Crippen LogP contribution in [0.1, 0.15) is 38.5 Å². The third-order valence-corrected chi connectivity index (χ3v) is 5.91. The topological polar surface area (TPSA) is 15.3 Å². The number of hydrogen-bond donors (Lipinski definition) is 1. The SMILES string of the molecule is C1CSCC(CN(CC2CC2)CC2CCCN2)C1. The van der Waals surface area contributed by atoms with E-state index in [4.69, 9.17) is 0 Å². The fraction of sp³-hybridized carbons (Fsp3) is 1.00. The molecule has 3 fully saturated rings. The van der Waals surface area contributed by atoms with E-state index in [1.807, 2.05) is 0 Å². The summed E-state index contributed by atoms with van der Waals surface area (Å²) in [6.07, 6.45) is 8.71. The van der Waals surface area contributed by atoms with Crippen molar-refractivity contribution in [2.75, 3.05) is 37.7 Å². The second-order valence-corrected chi connectivity index (χ2v) is 7.69. The summed E-state index contributed by atoms with van der Waals surface area (Å²) in [5, 5.41) is 3.67. The second-order valence-electron chi connectivity index (χ2n) is 6.54. The summed E-state index contributed by atoms with van der Waals surface area (Å²) < 4.78 is 0. The van der Waals surface area contributed by atoms with Crippen molar-refractivity contribution in [1.82, 2.24) is 10.2 Å². The third-order valence-electron chi connectivity index (χ3n) is 4.63. The fourth-order valence-corrected chi connectivity index (χ4v) is 4.57. The van der Waals surface area contributed by atoms with Crippen LogP contribution in [0.2, 0.25) is 0 Å². The molecule has 0 amide bonds. The van der Waals surface area contributed by atoms with E-state index in [0.717, 1.165) is 17.9 Å². The Hall–Kier alpha value is 0.270. The van der Waals surface area contributed by atoms with Gasteiger partial charge in [0, 0.05) is 25.7 Å². The van der Waals surface area contributed by atoms with E-state index in [1.165, 1.54) is 76.2 Å². The Kier molecular flexibility index (Phi) is 4.88. The van der Waals surface area contributed by atoms with Gasteiger partial charge in [0.2, 0.25) is 0 Å². The van der Waals surface area contributed by atoms with Crippen molar-refractivity contribution in [3.8, 4) is 0 Å². The van der Waals surface area contributed by atoms with Gasteiger partial charge in [-0.1, -0.05) is 0 Å². The van der Waals surface area contributed by atoms with E-state index in [1.54, 1.807) is 0 Å². The summed E-state index contributed by atoms with van der Waals surface area (Å²) >= 11 is 2.18. The van der Waals surface area contributed by atoms with Crippen LogP contribution in [0, 0.1) is 11.8 Å². The number of thioether (sulfide) groups is 1. The Labute approximate surface area is 116 Å². The molecule has 0 aromatic carbocycles. The Morgan fingerprint density at radius 2 is 1.83 bits per heavy atom. The maximum absolute atomic E-state index is 3.67. The van der Waals surface area contributed by atoms with Crippen LogP contribution in [0.5, 0.6) is 0 Å². The lowest BCUT2D eigenvalue weighted by Gasteiger charge is -2.31. The highest BCUT2D eigenvalue weighted by molar-refractivity contribution is 7.99. The molecule has 1 saturated carbocycles. The summed E-state index contributed by atoms with van der Waals surface area (Å²) in [6, 6.07) is 0.792. The van der Waals surface area contributed by atoms with Gasteiger partial charge in [0.1, 0.15) is 0 Å². The summed E-state index contributed by atoms with van der Waals surface area (Å²) in [6.45, 7) is 5.33. The van der Waals surface area contributed by atoms with E-state index < -0.39 is 0 Å². The van der Waals surface area contributed by atoms with Crippen molar-refractivity contribution >= 4 is 11.8 Å². The molecule has 18 heavy (non-hydrogen) atoms. The molecule has 2 nitrogen and oxygen atoms in total. The van der Waals surface area contributed by atoms with Gasteiger partial charge >= 0.3 is 0 Å². The number of rotatable bonds is 6. The maximum Gasteiger partial charge on any atom is 0.0195 e. The van der Waals surface area contributed by atoms with Crippen LogP contribution in [-0.2, 0) is 0 Å². The van der Waals surface area contributed by atoms with E-state index in [9.17, 15) is 0 Å². The van der Waals surface area contributed by atoms with Gasteiger partial charge in [-0.25, -0.2) is 0 Å². The molecule has 0 bridgehead atoms. The lowest BCUT2D eigenvalue weighted by atomic mass is 10.0. The molecule has 3 rings (SSSR count). The molecule has 104 valence electrons. The van der Waals surface area contributed by atoms with Crippen molar-refractivity contribution in [2.45, 2.75) is 44.6 Å². The highest BCUT2D eigenvalue weighted by atomic mass is 32.2. The van der Waals surface area contributed by atoms with Gasteiger partial charge in [-0.3, -0.25) is 0 Å². The van der Waals surface area contributed by atoms with Crippen molar-refractivity contribution in [3.63, 3.8) is 0 Å². The van der Waals surface area contributed by atoms with Crippen LogP contribution in [0.4, 0.5) is 0 Å². The Bertz CT molecular complexity index is 243. The molecule has 2 aliphatic heterocycles. The van der Waals surface area contributed by atoms with Gasteiger partial charge in [-0.05, 0) is 68.4 Å². The highest BCUT2D eigenvalue weighted by Crippen LogP contribution is 2.31. The van der Waals surface area contributed by atoms with E-state index in [-0.39, 0.29) is 0 Å². The number of hydrogen-bond acceptors (Lipinski definition) is 3. The van der Waals surface area contributed by atoms with Crippen molar-refractivity contribution < 1.29 is 0 Å². The molecule has 2 atom stereocenters. The Morgan fingerprint density at radius 3 is 2.50 bits per heavy atom. The molecule has 1 N–H and O–H groups in total. The first-order valence-corrected chi connectivity index (χ1v) is 9.09. The first-order valence-electron chi connectivity index (χ1n) is 7.93. The predicted molar refractivity (Wildman–Crippen MR) is 80.2 cm³/mol. The molecule has 3 aliphatic rings. The molecule has 0 radical (unpaired) electrons. The summed E-state index contributed by atoms with van der Waals surface area (Å²) in [5.74, 6) is 4.84. The molecule has 0 aromatic rings. The van der Waals surface area contributed by atoms with Gasteiger partial charge in [0.05, 0.1) is 0 Å². The van der Waals surface area contributed by atoms with Crippen LogP contribution >= 0.6 is 11.8 Å². The predicted octanol–water partition coefficient (Wildman–Crippen LogP) is 2.59. The third kappa shape index (κ3) is 4.14. The first kappa shape index (κ1) is 13.3. The van der Waals surface area contributed by atoms with Crippen LogP contribution in [-0.4, -0.2) is 48.6 Å². The number of nitrogens with zero attached hydrogens (tertiary/aromatic N) is 1. The van der Waals surface area contributed by atoms with E-state index in [2.05, 4.69) is 22.0 Å². The maximum atomic E-state index is 3.67. The Balaban J connectivity index is 1.47. The summed E-state index contributed by atoms with van der Waals surface area (Å²) in [5.41, 5.74) is 0. The average molecular weight is 268 g/mol. The molecule has 0 aromatic heterocycles. The largest absolute Gasteiger partial charge is 0.313 e. The van der Waals surface area contributed by atoms with Gasteiger partial charge in [0.25, 0.3) is 0 Å². The normalized spacial score (nSPS) is 33.2. The molecular formula is C15H28N2S. The van der Waals surface area contributed by atoms with Crippen LogP contribution < -0.4 is 5.32 Å². The monoisotopic (exact) mass is 268 g/mol. The lowest BCUT2D eigenvalue weighted by Crippen LogP contribution is -2.41. The molecule has 0 spiro atoms. The minimum atomic E-state index is 0.792. The van der Waals surface area contributed by atoms with Crippen LogP contribution in [0.3, 0.4) is 0 Å². The zero-order valence-corrected chi connectivity index (χ0v) is 12.4. The zero-order chi connectivity index (χ0) is 12.2. The van der Waals surface area contributed by atoms with Gasteiger partial charge in [0.15, 0.2) is 0 Å². The highest BCUT2D eigenvalue weighted by Gasteiger charge is 2.28. The zero-order valence-electron chi connectivity index (χ0n) is 11.6. The van der Waals surface area contributed by atoms with E-state index >= 15 is 0 Å². The molecule has 2 saturated heterocycles. The number of nitrogens with one attached hydrogen (secondary N) is 1. The quantitative estimate of drug-likeness (QED) is 0.797. The molecule has 2 unspecified atom stereocenters. The van der Waals surface area contributed by atoms with Crippen LogP contribution in [0.15, 0.2) is 0 Å². The minimum absolute atomic E-state index is 0.792.